The van der Waals surface area contributed by atoms with Crippen molar-refractivity contribution in [2.45, 2.75) is 53.9 Å². The predicted octanol–water partition coefficient (Wildman–Crippen LogP) is 4.84. The molecule has 0 spiro atoms. The van der Waals surface area contributed by atoms with E-state index >= 15 is 0 Å². The Balaban J connectivity index is 1.75. The van der Waals surface area contributed by atoms with Crippen molar-refractivity contribution in [1.82, 2.24) is 4.98 Å². The summed E-state index contributed by atoms with van der Waals surface area (Å²) in [5, 5.41) is 22.8. The molecule has 8 bridgehead atoms. The maximum Gasteiger partial charge on any atom is 0.321 e. The van der Waals surface area contributed by atoms with Gasteiger partial charge in [0.2, 0.25) is 0 Å². The maximum absolute atomic E-state index is 13.2. The Morgan fingerprint density at radius 1 is 1.00 bits per heavy atom. The Morgan fingerprint density at radius 3 is 2.34 bits per heavy atom. The number of carbonyl (C=O) groups excluding carboxylic acids is 1. The molecule has 3 N–H and O–H groups in total. The van der Waals surface area contributed by atoms with Crippen LogP contribution in [0.25, 0.3) is 18.2 Å². The number of aromatic nitrogens is 1. The Labute approximate surface area is 254 Å². The SMILES string of the molecule is C=Cc1c(C)c2[nH]c1=CC1=NC(=CC3=C(C)C4=C(O)C(C(=O)OC)C(=C5N=C(C=2)C(C)=C5CCC(=O)O)C4=N3)C(CC)=C1C. The Hall–Kier alpha value is -5.05. The van der Waals surface area contributed by atoms with Crippen LogP contribution in [0.5, 0.6) is 0 Å². The van der Waals surface area contributed by atoms with Gasteiger partial charge >= 0.3 is 11.9 Å². The van der Waals surface area contributed by atoms with E-state index in [-0.39, 0.29) is 18.6 Å². The second kappa shape index (κ2) is 10.6. The van der Waals surface area contributed by atoms with E-state index in [1.165, 1.54) is 7.11 Å². The summed E-state index contributed by atoms with van der Waals surface area (Å²) >= 11 is 0. The molecule has 6 rings (SSSR count). The van der Waals surface area contributed by atoms with E-state index in [0.29, 0.717) is 45.1 Å². The average molecular weight is 591 g/mol. The molecule has 9 nitrogen and oxygen atoms in total. The lowest BCUT2D eigenvalue weighted by atomic mass is 9.92. The number of carboxylic acids is 1. The van der Waals surface area contributed by atoms with E-state index in [2.05, 4.69) is 25.4 Å². The lowest BCUT2D eigenvalue weighted by molar-refractivity contribution is -0.143. The number of carboxylic acid groups (broad SMARTS) is 1. The molecule has 1 aliphatic carbocycles. The van der Waals surface area contributed by atoms with Crippen LogP contribution in [-0.2, 0) is 14.3 Å². The average Bonchev–Trinajstić information content (AvgIpc) is 3.72. The number of hydrogen-bond acceptors (Lipinski definition) is 7. The molecule has 224 valence electrons. The third-order valence-corrected chi connectivity index (χ3v) is 9.09. The number of ether oxygens (including phenoxy) is 1. The number of allylic oxidation sites excluding steroid dienone is 7. The van der Waals surface area contributed by atoms with Crippen LogP contribution in [0.3, 0.4) is 0 Å². The molecule has 1 aromatic rings. The standard InChI is InChI=1S/C35H34N4O5/c1-8-19-15(3)22-12-24-17(5)21(10-11-28(40)41)32(38-24)30-31(35(43)44-7)34(42)29-18(6)25(39-33(29)30)14-27-20(9-2)16(4)23(37-27)13-26(19)36-22/h8,12-14,31,36,42H,1,9-11H2,2-7H3,(H,40,41). The minimum absolute atomic E-state index is 0.130. The first-order valence-corrected chi connectivity index (χ1v) is 14.6. The zero-order valence-corrected chi connectivity index (χ0v) is 25.7. The number of methoxy groups -OCH3 is 1. The fraction of sp³-hybridized carbons (Fsp3) is 0.286. The number of nitrogens with one attached hydrogen (secondary N) is 1. The van der Waals surface area contributed by atoms with Gasteiger partial charge in [-0.25, -0.2) is 15.0 Å². The quantitative estimate of drug-likeness (QED) is 0.408. The summed E-state index contributed by atoms with van der Waals surface area (Å²) < 4.78 is 5.14. The van der Waals surface area contributed by atoms with Crippen LogP contribution in [-0.4, -0.2) is 51.4 Å². The van der Waals surface area contributed by atoms with Gasteiger partial charge in [0, 0.05) is 33.8 Å². The summed E-state index contributed by atoms with van der Waals surface area (Å²) in [6, 6.07) is 0. The Morgan fingerprint density at radius 2 is 1.68 bits per heavy atom. The fourth-order valence-corrected chi connectivity index (χ4v) is 6.65. The number of H-pyrrole nitrogens is 1. The minimum Gasteiger partial charge on any atom is -0.510 e. The molecule has 5 heterocycles. The number of aliphatic hydroxyl groups excluding tert-OH is 1. The molecule has 0 radical (unpaired) electrons. The van der Waals surface area contributed by atoms with Gasteiger partial charge in [-0.15, -0.1) is 0 Å². The van der Waals surface area contributed by atoms with E-state index in [4.69, 9.17) is 19.7 Å². The van der Waals surface area contributed by atoms with Gasteiger partial charge in [-0.3, -0.25) is 9.59 Å². The number of hydrogen-bond donors (Lipinski definition) is 3. The van der Waals surface area contributed by atoms with Crippen LogP contribution >= 0.6 is 0 Å². The molecule has 9 heteroatoms. The maximum atomic E-state index is 13.2. The van der Waals surface area contributed by atoms with Crippen LogP contribution in [0, 0.1) is 12.8 Å². The Bertz CT molecular complexity index is 2030. The number of rotatable bonds is 6. The van der Waals surface area contributed by atoms with Gasteiger partial charge in [0.15, 0.2) is 0 Å². The van der Waals surface area contributed by atoms with Gasteiger partial charge in [-0.05, 0) is 92.2 Å². The highest BCUT2D eigenvalue weighted by atomic mass is 16.5. The number of nitrogens with zero attached hydrogens (tertiary/aromatic N) is 3. The molecule has 0 fully saturated rings. The van der Waals surface area contributed by atoms with Gasteiger partial charge in [0.1, 0.15) is 11.7 Å². The fourth-order valence-electron chi connectivity index (χ4n) is 6.65. The molecule has 1 unspecified atom stereocenters. The topological polar surface area (TPSA) is 137 Å². The Kier molecular flexibility index (Phi) is 6.99. The molecule has 1 atom stereocenters. The summed E-state index contributed by atoms with van der Waals surface area (Å²) in [6.07, 6.45) is 8.52. The molecule has 44 heavy (non-hydrogen) atoms. The molecule has 1 aromatic heterocycles. The van der Waals surface area contributed by atoms with Crippen molar-refractivity contribution in [3.8, 4) is 0 Å². The molecule has 0 aromatic carbocycles. The van der Waals surface area contributed by atoms with Gasteiger partial charge < -0.3 is 19.9 Å². The predicted molar refractivity (Wildman–Crippen MR) is 172 cm³/mol. The number of esters is 1. The summed E-state index contributed by atoms with van der Waals surface area (Å²) in [5.74, 6) is -2.89. The van der Waals surface area contributed by atoms with E-state index < -0.39 is 17.9 Å². The number of carbonyl (C=O) groups is 2. The van der Waals surface area contributed by atoms with Gasteiger partial charge in [-0.2, -0.15) is 0 Å². The van der Waals surface area contributed by atoms with Gasteiger partial charge in [0.05, 0.1) is 41.3 Å². The first-order valence-electron chi connectivity index (χ1n) is 14.6. The van der Waals surface area contributed by atoms with Crippen LogP contribution < -0.4 is 10.7 Å². The highest BCUT2D eigenvalue weighted by Gasteiger charge is 2.47. The third kappa shape index (κ3) is 4.25. The molecule has 0 saturated heterocycles. The number of aromatic amines is 1. The lowest BCUT2D eigenvalue weighted by Crippen LogP contribution is -2.21. The largest absolute Gasteiger partial charge is 0.510 e. The first kappa shape index (κ1) is 29.0. The smallest absolute Gasteiger partial charge is 0.321 e. The number of fused-ring (bicyclic) bond motifs is 5. The van der Waals surface area contributed by atoms with Gasteiger partial charge in [0.25, 0.3) is 0 Å². The van der Waals surface area contributed by atoms with Gasteiger partial charge in [-0.1, -0.05) is 19.6 Å². The highest BCUT2D eigenvalue weighted by molar-refractivity contribution is 6.27. The van der Waals surface area contributed by atoms with Crippen molar-refractivity contribution in [1.29, 1.82) is 0 Å². The highest BCUT2D eigenvalue weighted by Crippen LogP contribution is 2.47. The molecule has 5 aliphatic rings. The second-order valence-electron chi connectivity index (χ2n) is 11.4. The molecule has 0 amide bonds. The summed E-state index contributed by atoms with van der Waals surface area (Å²) in [6.45, 7) is 14.0. The molecular formula is C35H34N4O5. The van der Waals surface area contributed by atoms with Crippen molar-refractivity contribution in [2.75, 3.05) is 7.11 Å². The van der Waals surface area contributed by atoms with Crippen LogP contribution in [0.15, 0.2) is 89.5 Å². The van der Waals surface area contributed by atoms with Crippen molar-refractivity contribution < 1.29 is 24.5 Å². The summed E-state index contributed by atoms with van der Waals surface area (Å²) in [5.41, 5.74) is 10.9. The molecule has 4 aliphatic heterocycles. The van der Waals surface area contributed by atoms with E-state index in [1.54, 1.807) is 0 Å². The van der Waals surface area contributed by atoms with Crippen molar-refractivity contribution >= 4 is 47.3 Å². The van der Waals surface area contributed by atoms with Crippen molar-refractivity contribution in [2.24, 2.45) is 20.9 Å². The molecule has 0 saturated carbocycles. The van der Waals surface area contributed by atoms with Crippen molar-refractivity contribution in [3.63, 3.8) is 0 Å². The zero-order chi connectivity index (χ0) is 31.6. The zero-order valence-electron chi connectivity index (χ0n) is 25.7. The number of aliphatic hydroxyl groups is 1. The van der Waals surface area contributed by atoms with Crippen LogP contribution in [0.2, 0.25) is 0 Å². The first-order chi connectivity index (χ1) is 21.0. The van der Waals surface area contributed by atoms with Crippen molar-refractivity contribution in [3.05, 3.63) is 96.3 Å². The normalized spacial score (nSPS) is 20.5. The second-order valence-corrected chi connectivity index (χ2v) is 11.4. The molecular weight excluding hydrogens is 556 g/mol. The number of aliphatic imine (C=N–C) groups is 3. The summed E-state index contributed by atoms with van der Waals surface area (Å²) in [7, 11) is 1.27. The van der Waals surface area contributed by atoms with E-state index in [9.17, 15) is 19.8 Å². The summed E-state index contributed by atoms with van der Waals surface area (Å²) in [4.78, 5) is 43.4. The van der Waals surface area contributed by atoms with E-state index in [1.807, 2.05) is 45.1 Å². The monoisotopic (exact) mass is 590 g/mol. The van der Waals surface area contributed by atoms with E-state index in [0.717, 1.165) is 56.4 Å². The lowest BCUT2D eigenvalue weighted by Gasteiger charge is -2.15. The van der Waals surface area contributed by atoms with Crippen LogP contribution in [0.1, 0.15) is 58.1 Å². The third-order valence-electron chi connectivity index (χ3n) is 9.09. The minimum atomic E-state index is -1.15. The van der Waals surface area contributed by atoms with Crippen LogP contribution in [0.4, 0.5) is 0 Å². The number of aliphatic carboxylic acids is 1.